The summed E-state index contributed by atoms with van der Waals surface area (Å²) in [6.07, 6.45) is 0. The molecule has 0 saturated heterocycles. The number of carbonyl (C=O) groups is 1. The van der Waals surface area contributed by atoms with Gasteiger partial charge in [0.15, 0.2) is 0 Å². The van der Waals surface area contributed by atoms with Crippen LogP contribution in [-0.2, 0) is 6.61 Å². The summed E-state index contributed by atoms with van der Waals surface area (Å²) in [5.41, 5.74) is 3.53. The summed E-state index contributed by atoms with van der Waals surface area (Å²) in [4.78, 5) is 12.7. The van der Waals surface area contributed by atoms with Crippen LogP contribution < -0.4 is 14.8 Å². The van der Waals surface area contributed by atoms with Gasteiger partial charge in [0.05, 0.1) is 13.2 Å². The molecule has 3 aromatic rings. The minimum Gasteiger partial charge on any atom is -0.496 e. The standard InChI is InChI=1S/C24H25NO3/c1-17-9-7-8-12-22(17)28-16-21-15-20(13-14-23(21)27-3)24(26)25-18(2)19-10-5-4-6-11-19/h4-15,18H,16H2,1-3H3,(H,25,26). The first-order valence-corrected chi connectivity index (χ1v) is 9.29. The van der Waals surface area contributed by atoms with Crippen molar-refractivity contribution in [2.75, 3.05) is 7.11 Å². The molecule has 0 bridgehead atoms. The molecule has 0 aromatic heterocycles. The molecule has 144 valence electrons. The lowest BCUT2D eigenvalue weighted by Gasteiger charge is -2.16. The number of ether oxygens (including phenoxy) is 2. The number of methoxy groups -OCH3 is 1. The van der Waals surface area contributed by atoms with Crippen LogP contribution in [0.25, 0.3) is 0 Å². The molecule has 4 nitrogen and oxygen atoms in total. The Balaban J connectivity index is 1.74. The van der Waals surface area contributed by atoms with Gasteiger partial charge < -0.3 is 14.8 Å². The second-order valence-electron chi connectivity index (χ2n) is 6.69. The molecule has 1 amide bonds. The third kappa shape index (κ3) is 4.71. The van der Waals surface area contributed by atoms with Crippen LogP contribution >= 0.6 is 0 Å². The van der Waals surface area contributed by atoms with E-state index in [4.69, 9.17) is 9.47 Å². The van der Waals surface area contributed by atoms with Gasteiger partial charge in [0.25, 0.3) is 5.91 Å². The van der Waals surface area contributed by atoms with Crippen molar-refractivity contribution >= 4 is 5.91 Å². The van der Waals surface area contributed by atoms with Crippen molar-refractivity contribution in [3.05, 3.63) is 95.1 Å². The average Bonchev–Trinajstić information content (AvgIpc) is 2.73. The van der Waals surface area contributed by atoms with Crippen molar-refractivity contribution in [3.63, 3.8) is 0 Å². The molecule has 0 aliphatic carbocycles. The first kappa shape index (κ1) is 19.5. The molecule has 0 heterocycles. The molecule has 0 fully saturated rings. The minimum atomic E-state index is -0.129. The summed E-state index contributed by atoms with van der Waals surface area (Å²) >= 11 is 0. The fourth-order valence-electron chi connectivity index (χ4n) is 3.01. The Hall–Kier alpha value is -3.27. The Labute approximate surface area is 166 Å². The molecule has 4 heteroatoms. The first-order valence-electron chi connectivity index (χ1n) is 9.29. The number of benzene rings is 3. The number of hydrogen-bond donors (Lipinski definition) is 1. The second kappa shape index (κ2) is 9.09. The van der Waals surface area contributed by atoms with Gasteiger partial charge >= 0.3 is 0 Å². The van der Waals surface area contributed by atoms with Crippen LogP contribution in [-0.4, -0.2) is 13.0 Å². The van der Waals surface area contributed by atoms with Gasteiger partial charge in [-0.25, -0.2) is 0 Å². The molecular formula is C24H25NO3. The van der Waals surface area contributed by atoms with E-state index in [9.17, 15) is 4.79 Å². The van der Waals surface area contributed by atoms with Crippen molar-refractivity contribution in [2.24, 2.45) is 0 Å². The highest BCUT2D eigenvalue weighted by atomic mass is 16.5. The third-order valence-electron chi connectivity index (χ3n) is 4.67. The van der Waals surface area contributed by atoms with Gasteiger partial charge in [-0.3, -0.25) is 4.79 Å². The van der Waals surface area contributed by atoms with Gasteiger partial charge in [-0.1, -0.05) is 48.5 Å². The van der Waals surface area contributed by atoms with Crippen LogP contribution in [0.4, 0.5) is 0 Å². The highest BCUT2D eigenvalue weighted by Gasteiger charge is 2.14. The van der Waals surface area contributed by atoms with Crippen LogP contribution in [0.2, 0.25) is 0 Å². The Bertz CT molecular complexity index is 938. The molecule has 1 N–H and O–H groups in total. The number of hydrogen-bond acceptors (Lipinski definition) is 3. The number of amides is 1. The SMILES string of the molecule is COc1ccc(C(=O)NC(C)c2ccccc2)cc1COc1ccccc1C. The zero-order valence-corrected chi connectivity index (χ0v) is 16.4. The Morgan fingerprint density at radius 1 is 0.964 bits per heavy atom. The number of para-hydroxylation sites is 1. The molecular weight excluding hydrogens is 350 g/mol. The fraction of sp³-hybridized carbons (Fsp3) is 0.208. The fourth-order valence-corrected chi connectivity index (χ4v) is 3.01. The molecule has 3 aromatic carbocycles. The smallest absolute Gasteiger partial charge is 0.251 e. The van der Waals surface area contributed by atoms with Gasteiger partial charge in [0, 0.05) is 11.1 Å². The van der Waals surface area contributed by atoms with Crippen LogP contribution in [0.3, 0.4) is 0 Å². The van der Waals surface area contributed by atoms with Gasteiger partial charge in [0.1, 0.15) is 18.1 Å². The van der Waals surface area contributed by atoms with Crippen LogP contribution in [0, 0.1) is 6.92 Å². The Morgan fingerprint density at radius 2 is 1.68 bits per heavy atom. The molecule has 28 heavy (non-hydrogen) atoms. The Morgan fingerprint density at radius 3 is 2.39 bits per heavy atom. The Kier molecular flexibility index (Phi) is 6.33. The number of carbonyl (C=O) groups excluding carboxylic acids is 1. The molecule has 0 spiro atoms. The lowest BCUT2D eigenvalue weighted by molar-refractivity contribution is 0.0939. The third-order valence-corrected chi connectivity index (χ3v) is 4.67. The largest absolute Gasteiger partial charge is 0.496 e. The summed E-state index contributed by atoms with van der Waals surface area (Å²) in [5.74, 6) is 1.38. The van der Waals surface area contributed by atoms with Crippen molar-refractivity contribution < 1.29 is 14.3 Å². The van der Waals surface area contributed by atoms with E-state index in [-0.39, 0.29) is 11.9 Å². The van der Waals surface area contributed by atoms with Crippen LogP contribution in [0.15, 0.2) is 72.8 Å². The lowest BCUT2D eigenvalue weighted by Crippen LogP contribution is -2.26. The topological polar surface area (TPSA) is 47.6 Å². The molecule has 3 rings (SSSR count). The van der Waals surface area contributed by atoms with E-state index in [2.05, 4.69) is 5.32 Å². The number of aryl methyl sites for hydroxylation is 1. The minimum absolute atomic E-state index is 0.0810. The maximum atomic E-state index is 12.7. The molecule has 1 unspecified atom stereocenters. The summed E-state index contributed by atoms with van der Waals surface area (Å²) < 4.78 is 11.4. The molecule has 0 radical (unpaired) electrons. The number of nitrogens with one attached hydrogen (secondary N) is 1. The molecule has 0 saturated carbocycles. The first-order chi connectivity index (χ1) is 13.6. The lowest BCUT2D eigenvalue weighted by atomic mass is 10.1. The van der Waals surface area contributed by atoms with Crippen LogP contribution in [0.1, 0.15) is 40.0 Å². The highest BCUT2D eigenvalue weighted by molar-refractivity contribution is 5.94. The summed E-state index contributed by atoms with van der Waals surface area (Å²) in [6, 6.07) is 23.0. The zero-order chi connectivity index (χ0) is 19.9. The summed E-state index contributed by atoms with van der Waals surface area (Å²) in [5, 5.41) is 3.04. The van der Waals surface area contributed by atoms with E-state index in [0.29, 0.717) is 17.9 Å². The zero-order valence-electron chi connectivity index (χ0n) is 16.4. The van der Waals surface area contributed by atoms with Gasteiger partial charge in [-0.05, 0) is 49.2 Å². The van der Waals surface area contributed by atoms with Gasteiger partial charge in [-0.2, -0.15) is 0 Å². The van der Waals surface area contributed by atoms with Gasteiger partial charge in [0.2, 0.25) is 0 Å². The van der Waals surface area contributed by atoms with Gasteiger partial charge in [-0.15, -0.1) is 0 Å². The second-order valence-corrected chi connectivity index (χ2v) is 6.69. The average molecular weight is 375 g/mol. The predicted octanol–water partition coefficient (Wildman–Crippen LogP) is 5.07. The quantitative estimate of drug-likeness (QED) is 0.627. The highest BCUT2D eigenvalue weighted by Crippen LogP contribution is 2.24. The predicted molar refractivity (Wildman–Crippen MR) is 111 cm³/mol. The molecule has 1 atom stereocenters. The van der Waals surface area contributed by atoms with Crippen LogP contribution in [0.5, 0.6) is 11.5 Å². The van der Waals surface area contributed by atoms with Crippen molar-refractivity contribution in [2.45, 2.75) is 26.5 Å². The monoisotopic (exact) mass is 375 g/mol. The maximum Gasteiger partial charge on any atom is 0.251 e. The molecule has 0 aliphatic heterocycles. The van der Waals surface area contributed by atoms with E-state index >= 15 is 0 Å². The molecule has 0 aliphatic rings. The van der Waals surface area contributed by atoms with E-state index in [1.807, 2.05) is 74.5 Å². The summed E-state index contributed by atoms with van der Waals surface area (Å²) in [6.45, 7) is 4.30. The number of rotatable bonds is 7. The van der Waals surface area contributed by atoms with Crippen molar-refractivity contribution in [1.29, 1.82) is 0 Å². The van der Waals surface area contributed by atoms with E-state index < -0.39 is 0 Å². The maximum absolute atomic E-state index is 12.7. The van der Waals surface area contributed by atoms with E-state index in [1.165, 1.54) is 0 Å². The normalized spacial score (nSPS) is 11.5. The van der Waals surface area contributed by atoms with E-state index in [1.54, 1.807) is 19.2 Å². The van der Waals surface area contributed by atoms with Crippen molar-refractivity contribution in [3.8, 4) is 11.5 Å². The summed E-state index contributed by atoms with van der Waals surface area (Å²) in [7, 11) is 1.61. The van der Waals surface area contributed by atoms with E-state index in [0.717, 1.165) is 22.4 Å². The van der Waals surface area contributed by atoms with Crippen molar-refractivity contribution in [1.82, 2.24) is 5.32 Å².